The molecular weight excluding hydrogens is 691 g/mol. The summed E-state index contributed by atoms with van der Waals surface area (Å²) in [5, 5.41) is 10.0. The number of nitrogen functional groups attached to an aromatic ring is 1. The Kier molecular flexibility index (Phi) is 8.13. The highest BCUT2D eigenvalue weighted by Gasteiger charge is 2.49. The van der Waals surface area contributed by atoms with Gasteiger partial charge in [-0.05, 0) is 50.3 Å². The molecule has 2 N–H and O–H groups in total. The van der Waals surface area contributed by atoms with Crippen LogP contribution in [0.4, 0.5) is 32.8 Å². The van der Waals surface area contributed by atoms with E-state index in [1.165, 1.54) is 6.07 Å². The van der Waals surface area contributed by atoms with Crippen molar-refractivity contribution in [3.63, 3.8) is 0 Å². The highest BCUT2D eigenvalue weighted by atomic mass is 35.5. The summed E-state index contributed by atoms with van der Waals surface area (Å²) in [6.07, 6.45) is 2.67. The Hall–Kier alpha value is -3.71. The number of halogens is 6. The molecule has 4 atom stereocenters. The van der Waals surface area contributed by atoms with Crippen LogP contribution in [0, 0.1) is 23.0 Å². The van der Waals surface area contributed by atoms with Gasteiger partial charge in [-0.3, -0.25) is 4.90 Å². The number of anilines is 2. The Morgan fingerprint density at radius 2 is 2.04 bits per heavy atom. The van der Waals surface area contributed by atoms with Crippen LogP contribution in [0.3, 0.4) is 0 Å². The van der Waals surface area contributed by atoms with E-state index in [4.69, 9.17) is 36.5 Å². The van der Waals surface area contributed by atoms with Crippen LogP contribution < -0.4 is 20.1 Å². The molecule has 9 nitrogen and oxygen atoms in total. The minimum absolute atomic E-state index is 0.0219. The van der Waals surface area contributed by atoms with Crippen molar-refractivity contribution >= 4 is 54.7 Å². The Balaban J connectivity index is 1.34. The maximum Gasteiger partial charge on any atom is 0.345 e. The van der Waals surface area contributed by atoms with Gasteiger partial charge in [0.05, 0.1) is 44.9 Å². The van der Waals surface area contributed by atoms with Gasteiger partial charge in [0.1, 0.15) is 47.6 Å². The highest BCUT2D eigenvalue weighted by molar-refractivity contribution is 7.23. The minimum Gasteiger partial charge on any atom is -0.489 e. The van der Waals surface area contributed by atoms with Crippen LogP contribution in [0.1, 0.15) is 44.1 Å². The van der Waals surface area contributed by atoms with Crippen molar-refractivity contribution < 1.29 is 36.2 Å². The third kappa shape index (κ3) is 5.21. The van der Waals surface area contributed by atoms with Gasteiger partial charge in [-0.25, -0.2) is 13.2 Å². The smallest absolute Gasteiger partial charge is 0.345 e. The number of nitrogens with zero attached hydrogens (tertiary/aromatic N) is 5. The molecule has 2 aromatic heterocycles. The molecule has 2 unspecified atom stereocenters. The second kappa shape index (κ2) is 12.3. The van der Waals surface area contributed by atoms with Gasteiger partial charge in [0.2, 0.25) is 0 Å². The van der Waals surface area contributed by atoms with E-state index >= 15 is 4.39 Å². The number of fused-ring (bicyclic) bond motifs is 4. The number of alkyl halides is 3. The largest absolute Gasteiger partial charge is 0.489 e. The maximum absolute atomic E-state index is 17.2. The number of benzene rings is 2. The summed E-state index contributed by atoms with van der Waals surface area (Å²) >= 11 is 7.87. The van der Waals surface area contributed by atoms with Crippen LogP contribution in [-0.2, 0) is 4.74 Å². The predicted octanol–water partition coefficient (Wildman–Crippen LogP) is 7.21. The number of aromatic nitrogens is 2. The molecule has 0 aliphatic carbocycles. The molecule has 0 radical (unpaired) electrons. The van der Waals surface area contributed by atoms with Gasteiger partial charge >= 0.3 is 12.6 Å². The summed E-state index contributed by atoms with van der Waals surface area (Å²) in [5.74, 6) is -1.32. The molecule has 0 saturated carbocycles. The van der Waals surface area contributed by atoms with E-state index in [0.29, 0.717) is 32.2 Å². The molecule has 0 amide bonds. The molecule has 2 aromatic carbocycles. The first-order valence-electron chi connectivity index (χ1n) is 16.1. The number of thiophene rings is 1. The number of piperidine rings is 1. The molecule has 4 aromatic rings. The van der Waals surface area contributed by atoms with Gasteiger partial charge in [0.25, 0.3) is 0 Å². The van der Waals surface area contributed by atoms with Crippen molar-refractivity contribution in [1.29, 1.82) is 5.26 Å². The van der Waals surface area contributed by atoms with Crippen LogP contribution in [0.15, 0.2) is 12.1 Å². The van der Waals surface area contributed by atoms with Crippen molar-refractivity contribution in [2.24, 2.45) is 0 Å². The van der Waals surface area contributed by atoms with E-state index in [0.717, 1.165) is 30.4 Å². The van der Waals surface area contributed by atoms with Crippen molar-refractivity contribution in [3.8, 4) is 29.0 Å². The molecule has 258 valence electrons. The van der Waals surface area contributed by atoms with Gasteiger partial charge in [0.15, 0.2) is 11.6 Å². The van der Waals surface area contributed by atoms with E-state index in [-0.39, 0.29) is 97.6 Å². The quantitative estimate of drug-likeness (QED) is 0.198. The summed E-state index contributed by atoms with van der Waals surface area (Å²) in [4.78, 5) is 13.1. The van der Waals surface area contributed by atoms with Gasteiger partial charge in [-0.1, -0.05) is 17.7 Å². The Morgan fingerprint density at radius 3 is 2.84 bits per heavy atom. The average molecular weight is 721 g/mol. The normalized spacial score (nSPS) is 25.0. The third-order valence-electron chi connectivity index (χ3n) is 10.3. The molecule has 0 spiro atoms. The van der Waals surface area contributed by atoms with Crippen molar-refractivity contribution in [2.75, 3.05) is 43.5 Å². The molecule has 3 saturated heterocycles. The first-order chi connectivity index (χ1) is 23.6. The SMILES string of the molecule is N#Cc1c(N)sc2c(F)ccc(-c3c(Cl)c4c5c(nc(OC[C@@]67CCCN6C[C@H](F)C7)nc5c3F)N3C(CCCC3COC(F)F)CO4)c12. The zero-order valence-corrected chi connectivity index (χ0v) is 27.5. The highest BCUT2D eigenvalue weighted by Crippen LogP contribution is 2.52. The van der Waals surface area contributed by atoms with E-state index in [2.05, 4.69) is 9.88 Å². The first-order valence-corrected chi connectivity index (χ1v) is 17.3. The molecule has 8 rings (SSSR count). The summed E-state index contributed by atoms with van der Waals surface area (Å²) in [6, 6.07) is 3.34. The fraction of sp³-hybridized carbons (Fsp3) is 0.485. The van der Waals surface area contributed by atoms with Crippen LogP contribution in [-0.4, -0.2) is 78.2 Å². The number of hydrogen-bond donors (Lipinski definition) is 1. The fourth-order valence-electron chi connectivity index (χ4n) is 8.22. The summed E-state index contributed by atoms with van der Waals surface area (Å²) in [6.45, 7) is -2.17. The number of nitrogens with two attached hydrogens (primary N) is 1. The number of hydrogen-bond acceptors (Lipinski definition) is 10. The fourth-order valence-corrected chi connectivity index (χ4v) is 9.50. The standard InChI is InChI=1S/C33H30ClF5N6O3S/c34-24-22(18-5-6-20(36)28-21(18)19(10-40)29(41)49-28)25(37)26-23-27(24)46-12-16-3-1-4-17(13-47-31(38)39)45(16)30(23)43-32(42-26)48-14-33-7-2-8-44(33)11-15(35)9-33/h5-6,15-17,31H,1-4,7-9,11-14,41H2/t15-,16?,17?,33+/m1/s1. The van der Waals surface area contributed by atoms with E-state index in [1.54, 1.807) is 0 Å². The van der Waals surface area contributed by atoms with Gasteiger partial charge < -0.3 is 24.8 Å². The van der Waals surface area contributed by atoms with Crippen LogP contribution in [0.5, 0.6) is 11.8 Å². The predicted molar refractivity (Wildman–Crippen MR) is 174 cm³/mol. The Labute approximate surface area is 286 Å². The van der Waals surface area contributed by atoms with Crippen LogP contribution in [0.25, 0.3) is 32.1 Å². The zero-order valence-electron chi connectivity index (χ0n) is 26.0. The topological polar surface area (TPSA) is 110 Å². The van der Waals surface area contributed by atoms with Gasteiger partial charge in [-0.15, -0.1) is 11.3 Å². The lowest BCUT2D eigenvalue weighted by molar-refractivity contribution is -0.133. The number of rotatable bonds is 7. The van der Waals surface area contributed by atoms with Crippen molar-refractivity contribution in [1.82, 2.24) is 14.9 Å². The lowest BCUT2D eigenvalue weighted by Gasteiger charge is -2.41. The second-order valence-electron chi connectivity index (χ2n) is 13.1. The molecule has 6 heterocycles. The summed E-state index contributed by atoms with van der Waals surface area (Å²) in [5.41, 5.74) is 5.19. The average Bonchev–Trinajstić information content (AvgIpc) is 3.68. The van der Waals surface area contributed by atoms with Crippen molar-refractivity contribution in [2.45, 2.75) is 68.9 Å². The minimum atomic E-state index is -2.99. The van der Waals surface area contributed by atoms with E-state index in [1.807, 2.05) is 11.0 Å². The van der Waals surface area contributed by atoms with E-state index in [9.17, 15) is 22.8 Å². The van der Waals surface area contributed by atoms with Gasteiger partial charge in [-0.2, -0.15) is 24.0 Å². The molecule has 49 heavy (non-hydrogen) atoms. The van der Waals surface area contributed by atoms with Crippen molar-refractivity contribution in [3.05, 3.63) is 34.4 Å². The second-order valence-corrected chi connectivity index (χ2v) is 14.5. The molecule has 4 aliphatic rings. The lowest BCUT2D eigenvalue weighted by atomic mass is 9.94. The van der Waals surface area contributed by atoms with Crippen LogP contribution in [0.2, 0.25) is 5.02 Å². The summed E-state index contributed by atoms with van der Waals surface area (Å²) in [7, 11) is 0. The lowest BCUT2D eigenvalue weighted by Crippen LogP contribution is -2.51. The molecule has 3 fully saturated rings. The molecule has 0 bridgehead atoms. The molecule has 16 heteroatoms. The Bertz CT molecular complexity index is 2030. The Morgan fingerprint density at radius 1 is 1.20 bits per heavy atom. The van der Waals surface area contributed by atoms with Gasteiger partial charge in [0, 0.05) is 23.9 Å². The molecular formula is C33H30ClF5N6O3S. The molecule has 4 aliphatic heterocycles. The number of ether oxygens (including phenoxy) is 3. The maximum atomic E-state index is 17.2. The monoisotopic (exact) mass is 720 g/mol. The summed E-state index contributed by atoms with van der Waals surface area (Å²) < 4.78 is 90.6. The zero-order chi connectivity index (χ0) is 34.2. The van der Waals surface area contributed by atoms with E-state index < -0.39 is 36.0 Å². The third-order valence-corrected chi connectivity index (χ3v) is 11.7. The van der Waals surface area contributed by atoms with Crippen LogP contribution >= 0.6 is 22.9 Å². The first kappa shape index (κ1) is 32.5. The number of nitriles is 1.